The van der Waals surface area contributed by atoms with Gasteiger partial charge in [0.1, 0.15) is 0 Å². The van der Waals surface area contributed by atoms with Gasteiger partial charge in [0.2, 0.25) is 5.91 Å². The van der Waals surface area contributed by atoms with Crippen molar-refractivity contribution in [1.29, 1.82) is 0 Å². The Morgan fingerprint density at radius 3 is 2.53 bits per heavy atom. The van der Waals surface area contributed by atoms with Crippen LogP contribution in [0.5, 0.6) is 0 Å². The van der Waals surface area contributed by atoms with Crippen LogP contribution in [0.4, 0.5) is 0 Å². The predicted octanol–water partition coefficient (Wildman–Crippen LogP) is 2.19. The Bertz CT molecular complexity index is 407. The van der Waals surface area contributed by atoms with Crippen LogP contribution in [0.2, 0.25) is 10.0 Å². The number of hydrogen-bond acceptors (Lipinski definition) is 3. The molecule has 0 radical (unpaired) electrons. The zero-order chi connectivity index (χ0) is 14.3. The fourth-order valence-corrected chi connectivity index (χ4v) is 2.14. The molecular weight excluding hydrogens is 287 g/mol. The number of carbonyl (C=O) groups excluding carboxylic acids is 1. The van der Waals surface area contributed by atoms with E-state index in [0.717, 1.165) is 5.56 Å². The van der Waals surface area contributed by atoms with Gasteiger partial charge in [0.25, 0.3) is 0 Å². The molecule has 0 aromatic heterocycles. The summed E-state index contributed by atoms with van der Waals surface area (Å²) < 4.78 is 4.89. The first kappa shape index (κ1) is 16.2. The number of likely N-dealkylation sites (N-methyl/N-ethyl adjacent to an activating group) is 1. The number of rotatable bonds is 7. The molecule has 1 N–H and O–H groups in total. The molecule has 0 saturated heterocycles. The van der Waals surface area contributed by atoms with Crippen molar-refractivity contribution in [2.24, 2.45) is 0 Å². The Labute approximate surface area is 123 Å². The van der Waals surface area contributed by atoms with Gasteiger partial charge in [-0.25, -0.2) is 0 Å². The topological polar surface area (TPSA) is 41.6 Å². The highest BCUT2D eigenvalue weighted by Gasteiger charge is 2.09. The van der Waals surface area contributed by atoms with E-state index in [-0.39, 0.29) is 12.5 Å². The molecule has 19 heavy (non-hydrogen) atoms. The number of ether oxygens (including phenoxy) is 1. The molecule has 0 spiro atoms. The van der Waals surface area contributed by atoms with E-state index in [4.69, 9.17) is 27.9 Å². The molecule has 1 rings (SSSR count). The molecule has 0 heterocycles. The number of halogens is 2. The largest absolute Gasteiger partial charge is 0.383 e. The monoisotopic (exact) mass is 304 g/mol. The third-order valence-corrected chi connectivity index (χ3v) is 2.96. The van der Waals surface area contributed by atoms with E-state index in [2.05, 4.69) is 5.32 Å². The van der Waals surface area contributed by atoms with Gasteiger partial charge in [0.05, 0.1) is 13.2 Å². The van der Waals surface area contributed by atoms with Crippen molar-refractivity contribution in [2.75, 3.05) is 33.9 Å². The van der Waals surface area contributed by atoms with Crippen molar-refractivity contribution in [3.05, 3.63) is 33.8 Å². The average Bonchev–Trinajstić information content (AvgIpc) is 2.33. The first-order chi connectivity index (χ1) is 9.02. The average molecular weight is 305 g/mol. The van der Waals surface area contributed by atoms with E-state index in [0.29, 0.717) is 29.7 Å². The molecule has 0 aliphatic heterocycles. The molecule has 0 fully saturated rings. The van der Waals surface area contributed by atoms with Crippen molar-refractivity contribution in [2.45, 2.75) is 6.54 Å². The van der Waals surface area contributed by atoms with E-state index >= 15 is 0 Å². The first-order valence-corrected chi connectivity index (χ1v) is 6.67. The second-order valence-corrected chi connectivity index (χ2v) is 5.07. The summed E-state index contributed by atoms with van der Waals surface area (Å²) in [5, 5.41) is 4.15. The Kier molecular flexibility index (Phi) is 7.16. The molecule has 1 aromatic carbocycles. The van der Waals surface area contributed by atoms with Gasteiger partial charge in [-0.05, 0) is 23.8 Å². The maximum absolute atomic E-state index is 11.8. The van der Waals surface area contributed by atoms with E-state index in [1.54, 1.807) is 37.3 Å². The molecule has 0 atom stereocenters. The normalized spacial score (nSPS) is 10.5. The highest BCUT2D eigenvalue weighted by Crippen LogP contribution is 2.19. The highest BCUT2D eigenvalue weighted by molar-refractivity contribution is 6.34. The Hall–Kier alpha value is -0.810. The molecule has 4 nitrogen and oxygen atoms in total. The summed E-state index contributed by atoms with van der Waals surface area (Å²) in [6, 6.07) is 5.27. The SMILES string of the molecule is COCCNCC(=O)N(C)Cc1cc(Cl)cc(Cl)c1. The smallest absolute Gasteiger partial charge is 0.236 e. The summed E-state index contributed by atoms with van der Waals surface area (Å²) in [5.74, 6) is 0.00667. The van der Waals surface area contributed by atoms with Crippen molar-refractivity contribution in [1.82, 2.24) is 10.2 Å². The van der Waals surface area contributed by atoms with Crippen molar-refractivity contribution in [3.63, 3.8) is 0 Å². The Balaban J connectivity index is 2.44. The van der Waals surface area contributed by atoms with Gasteiger partial charge in [-0.3, -0.25) is 4.79 Å². The minimum Gasteiger partial charge on any atom is -0.383 e. The molecule has 1 amide bonds. The number of nitrogens with one attached hydrogen (secondary N) is 1. The van der Waals surface area contributed by atoms with Gasteiger partial charge in [0.15, 0.2) is 0 Å². The van der Waals surface area contributed by atoms with Crippen LogP contribution in [0, 0.1) is 0 Å². The second-order valence-electron chi connectivity index (χ2n) is 4.20. The summed E-state index contributed by atoms with van der Waals surface area (Å²) in [5.41, 5.74) is 0.908. The molecule has 0 aliphatic rings. The number of benzene rings is 1. The predicted molar refractivity (Wildman–Crippen MR) is 77.7 cm³/mol. The maximum Gasteiger partial charge on any atom is 0.236 e. The fraction of sp³-hybridized carbons (Fsp3) is 0.462. The minimum absolute atomic E-state index is 0.00667. The summed E-state index contributed by atoms with van der Waals surface area (Å²) >= 11 is 11.8. The van der Waals surface area contributed by atoms with Crippen LogP contribution in [0.3, 0.4) is 0 Å². The van der Waals surface area contributed by atoms with E-state index in [1.807, 2.05) is 0 Å². The van der Waals surface area contributed by atoms with E-state index < -0.39 is 0 Å². The molecule has 0 unspecified atom stereocenters. The maximum atomic E-state index is 11.8. The molecule has 1 aromatic rings. The van der Waals surface area contributed by atoms with Crippen LogP contribution in [-0.2, 0) is 16.1 Å². The van der Waals surface area contributed by atoms with Gasteiger partial charge in [0, 0.05) is 37.3 Å². The molecular formula is C13H18Cl2N2O2. The van der Waals surface area contributed by atoms with Gasteiger partial charge in [-0.1, -0.05) is 23.2 Å². The van der Waals surface area contributed by atoms with Crippen LogP contribution >= 0.6 is 23.2 Å². The highest BCUT2D eigenvalue weighted by atomic mass is 35.5. The standard InChI is InChI=1S/C13H18Cl2N2O2/c1-17(13(18)8-16-3-4-19-2)9-10-5-11(14)7-12(15)6-10/h5-7,16H,3-4,8-9H2,1-2H3. The molecule has 0 bridgehead atoms. The van der Waals surface area contributed by atoms with Crippen LogP contribution in [0.25, 0.3) is 0 Å². The lowest BCUT2D eigenvalue weighted by Gasteiger charge is -2.18. The van der Waals surface area contributed by atoms with E-state index in [9.17, 15) is 4.79 Å². The van der Waals surface area contributed by atoms with Crippen LogP contribution in [0.15, 0.2) is 18.2 Å². The van der Waals surface area contributed by atoms with Gasteiger partial charge < -0.3 is 15.0 Å². The molecule has 106 valence electrons. The van der Waals surface area contributed by atoms with Crippen LogP contribution < -0.4 is 5.32 Å². The minimum atomic E-state index is 0.00667. The number of amides is 1. The summed E-state index contributed by atoms with van der Waals surface area (Å²) in [6.07, 6.45) is 0. The van der Waals surface area contributed by atoms with Gasteiger partial charge in [-0.2, -0.15) is 0 Å². The van der Waals surface area contributed by atoms with Crippen LogP contribution in [-0.4, -0.2) is 44.7 Å². The number of carbonyl (C=O) groups is 1. The number of hydrogen-bond donors (Lipinski definition) is 1. The fourth-order valence-electron chi connectivity index (χ4n) is 1.57. The lowest BCUT2D eigenvalue weighted by molar-refractivity contribution is -0.129. The zero-order valence-electron chi connectivity index (χ0n) is 11.1. The lowest BCUT2D eigenvalue weighted by atomic mass is 10.2. The quantitative estimate of drug-likeness (QED) is 0.785. The number of nitrogens with zero attached hydrogens (tertiary/aromatic N) is 1. The van der Waals surface area contributed by atoms with Crippen molar-refractivity contribution < 1.29 is 9.53 Å². The number of methoxy groups -OCH3 is 1. The summed E-state index contributed by atoms with van der Waals surface area (Å²) in [6.45, 7) is 2.00. The summed E-state index contributed by atoms with van der Waals surface area (Å²) in [4.78, 5) is 13.5. The van der Waals surface area contributed by atoms with E-state index in [1.165, 1.54) is 0 Å². The molecule has 0 saturated carbocycles. The zero-order valence-corrected chi connectivity index (χ0v) is 12.6. The Morgan fingerprint density at radius 1 is 1.32 bits per heavy atom. The van der Waals surface area contributed by atoms with Gasteiger partial charge in [-0.15, -0.1) is 0 Å². The Morgan fingerprint density at radius 2 is 1.95 bits per heavy atom. The molecule has 6 heteroatoms. The van der Waals surface area contributed by atoms with Gasteiger partial charge >= 0.3 is 0 Å². The second kappa shape index (κ2) is 8.38. The van der Waals surface area contributed by atoms with Crippen molar-refractivity contribution in [3.8, 4) is 0 Å². The lowest BCUT2D eigenvalue weighted by Crippen LogP contribution is -2.36. The first-order valence-electron chi connectivity index (χ1n) is 5.91. The molecule has 0 aliphatic carbocycles. The van der Waals surface area contributed by atoms with Crippen LogP contribution in [0.1, 0.15) is 5.56 Å². The van der Waals surface area contributed by atoms with Crippen molar-refractivity contribution >= 4 is 29.1 Å². The third-order valence-electron chi connectivity index (χ3n) is 2.53. The summed E-state index contributed by atoms with van der Waals surface area (Å²) in [7, 11) is 3.37. The third kappa shape index (κ3) is 6.25.